The number of aliphatic imine (C=N–C) groups is 2. The second-order valence-electron chi connectivity index (χ2n) is 6.74. The first-order valence-electron chi connectivity index (χ1n) is 7.24. The Hall–Kier alpha value is -1.06. The van der Waals surface area contributed by atoms with Crippen molar-refractivity contribution in [3.05, 3.63) is 0 Å². The van der Waals surface area contributed by atoms with Crippen LogP contribution >= 0.6 is 0 Å². The summed E-state index contributed by atoms with van der Waals surface area (Å²) >= 11 is 0. The fourth-order valence-corrected chi connectivity index (χ4v) is 2.24. The normalized spacial score (nSPS) is 27.4. The van der Waals surface area contributed by atoms with Crippen molar-refractivity contribution in [3.63, 3.8) is 0 Å². The van der Waals surface area contributed by atoms with E-state index in [9.17, 15) is 0 Å². The Balaban J connectivity index is 2.15. The van der Waals surface area contributed by atoms with Crippen LogP contribution in [-0.4, -0.2) is 37.1 Å². The van der Waals surface area contributed by atoms with Crippen LogP contribution < -0.4 is 0 Å². The maximum absolute atomic E-state index is 5.79. The molecule has 0 amide bonds. The lowest BCUT2D eigenvalue weighted by molar-refractivity contribution is 0.249. The largest absolute Gasteiger partial charge is 0.478 e. The standard InChI is InChI=1S/C15H26N2O2/c1-9(2)11-7-18-13(16-11)15(5,6)14-17-12(8-19-14)10(3)4/h9-12H,7-8H2,1-6H3. The van der Waals surface area contributed by atoms with Gasteiger partial charge in [0.2, 0.25) is 0 Å². The van der Waals surface area contributed by atoms with E-state index in [2.05, 4.69) is 41.5 Å². The fraction of sp³-hybridized carbons (Fsp3) is 0.867. The maximum Gasteiger partial charge on any atom is 0.199 e. The smallest absolute Gasteiger partial charge is 0.199 e. The van der Waals surface area contributed by atoms with Crippen LogP contribution in [0.15, 0.2) is 9.98 Å². The Labute approximate surface area is 116 Å². The summed E-state index contributed by atoms with van der Waals surface area (Å²) in [6.07, 6.45) is 0. The molecule has 2 aliphatic rings. The zero-order valence-electron chi connectivity index (χ0n) is 12.9. The zero-order chi connectivity index (χ0) is 14.2. The zero-order valence-corrected chi connectivity index (χ0v) is 12.9. The van der Waals surface area contributed by atoms with Crippen LogP contribution in [0, 0.1) is 17.3 Å². The lowest BCUT2D eigenvalue weighted by Gasteiger charge is -2.22. The first-order valence-corrected chi connectivity index (χ1v) is 7.24. The molecular formula is C15H26N2O2. The Morgan fingerprint density at radius 3 is 1.53 bits per heavy atom. The summed E-state index contributed by atoms with van der Waals surface area (Å²) < 4.78 is 11.6. The summed E-state index contributed by atoms with van der Waals surface area (Å²) in [6.45, 7) is 14.2. The third-order valence-electron chi connectivity index (χ3n) is 3.96. The van der Waals surface area contributed by atoms with Crippen molar-refractivity contribution in [2.75, 3.05) is 13.2 Å². The van der Waals surface area contributed by atoms with Crippen LogP contribution in [0.5, 0.6) is 0 Å². The average molecular weight is 266 g/mol. The molecule has 0 spiro atoms. The minimum Gasteiger partial charge on any atom is -0.478 e. The van der Waals surface area contributed by atoms with Gasteiger partial charge < -0.3 is 9.47 Å². The monoisotopic (exact) mass is 266 g/mol. The van der Waals surface area contributed by atoms with Crippen molar-refractivity contribution in [2.45, 2.75) is 53.6 Å². The Morgan fingerprint density at radius 2 is 1.26 bits per heavy atom. The first kappa shape index (κ1) is 14.4. The predicted molar refractivity (Wildman–Crippen MR) is 77.8 cm³/mol. The van der Waals surface area contributed by atoms with Crippen molar-refractivity contribution in [2.24, 2.45) is 27.2 Å². The quantitative estimate of drug-likeness (QED) is 0.785. The van der Waals surface area contributed by atoms with Gasteiger partial charge in [0.15, 0.2) is 11.8 Å². The molecule has 0 aromatic rings. The molecule has 4 nitrogen and oxygen atoms in total. The highest BCUT2D eigenvalue weighted by Gasteiger charge is 2.41. The summed E-state index contributed by atoms with van der Waals surface area (Å²) in [5, 5.41) is 0. The van der Waals surface area contributed by atoms with Crippen molar-refractivity contribution in [1.29, 1.82) is 0 Å². The fourth-order valence-electron chi connectivity index (χ4n) is 2.24. The molecule has 2 aliphatic heterocycles. The lowest BCUT2D eigenvalue weighted by Crippen LogP contribution is -2.34. The molecule has 2 unspecified atom stereocenters. The molecule has 0 fully saturated rings. The van der Waals surface area contributed by atoms with Crippen LogP contribution in [0.25, 0.3) is 0 Å². The van der Waals surface area contributed by atoms with E-state index < -0.39 is 0 Å². The van der Waals surface area contributed by atoms with Gasteiger partial charge in [0, 0.05) is 0 Å². The molecule has 0 saturated carbocycles. The van der Waals surface area contributed by atoms with Crippen molar-refractivity contribution in [1.82, 2.24) is 0 Å². The molecule has 0 bridgehead atoms. The molecular weight excluding hydrogens is 240 g/mol. The molecule has 0 radical (unpaired) electrons. The Bertz CT molecular complexity index is 361. The topological polar surface area (TPSA) is 43.2 Å². The van der Waals surface area contributed by atoms with Gasteiger partial charge in [0.05, 0.1) is 12.1 Å². The molecule has 4 heteroatoms. The van der Waals surface area contributed by atoms with E-state index in [1.54, 1.807) is 0 Å². The van der Waals surface area contributed by atoms with Gasteiger partial charge in [-0.25, -0.2) is 9.98 Å². The van der Waals surface area contributed by atoms with Crippen molar-refractivity contribution >= 4 is 11.8 Å². The number of ether oxygens (including phenoxy) is 2. The molecule has 2 atom stereocenters. The molecule has 0 saturated heterocycles. The molecule has 2 rings (SSSR count). The second kappa shape index (κ2) is 5.14. The second-order valence-corrected chi connectivity index (χ2v) is 6.74. The van der Waals surface area contributed by atoms with E-state index in [4.69, 9.17) is 19.5 Å². The summed E-state index contributed by atoms with van der Waals surface area (Å²) in [4.78, 5) is 9.41. The highest BCUT2D eigenvalue weighted by molar-refractivity contribution is 6.05. The van der Waals surface area contributed by atoms with Gasteiger partial charge in [0.25, 0.3) is 0 Å². The van der Waals surface area contributed by atoms with Crippen LogP contribution in [0.2, 0.25) is 0 Å². The molecule has 2 heterocycles. The van der Waals surface area contributed by atoms with Crippen molar-refractivity contribution in [3.8, 4) is 0 Å². The predicted octanol–water partition coefficient (Wildman–Crippen LogP) is 2.92. The summed E-state index contributed by atoms with van der Waals surface area (Å²) in [5.41, 5.74) is -0.354. The summed E-state index contributed by atoms with van der Waals surface area (Å²) in [6, 6.07) is 0.523. The van der Waals surface area contributed by atoms with Crippen LogP contribution in [0.1, 0.15) is 41.5 Å². The van der Waals surface area contributed by atoms with Gasteiger partial charge >= 0.3 is 0 Å². The lowest BCUT2D eigenvalue weighted by atomic mass is 9.92. The third-order valence-corrected chi connectivity index (χ3v) is 3.96. The number of rotatable bonds is 4. The number of nitrogens with zero attached hydrogens (tertiary/aromatic N) is 2. The van der Waals surface area contributed by atoms with Gasteiger partial charge in [-0.05, 0) is 25.7 Å². The van der Waals surface area contributed by atoms with E-state index in [0.29, 0.717) is 25.0 Å². The summed E-state index contributed by atoms with van der Waals surface area (Å²) in [7, 11) is 0. The van der Waals surface area contributed by atoms with Gasteiger partial charge in [-0.2, -0.15) is 0 Å². The van der Waals surface area contributed by atoms with Crippen LogP contribution in [0.3, 0.4) is 0 Å². The maximum atomic E-state index is 5.79. The molecule has 108 valence electrons. The van der Waals surface area contributed by atoms with Crippen molar-refractivity contribution < 1.29 is 9.47 Å². The number of hydrogen-bond donors (Lipinski definition) is 0. The molecule has 19 heavy (non-hydrogen) atoms. The van der Waals surface area contributed by atoms with Crippen LogP contribution in [0.4, 0.5) is 0 Å². The number of hydrogen-bond acceptors (Lipinski definition) is 4. The molecule has 0 aromatic heterocycles. The van der Waals surface area contributed by atoms with E-state index in [0.717, 1.165) is 11.8 Å². The van der Waals surface area contributed by atoms with Gasteiger partial charge in [-0.3, -0.25) is 0 Å². The Kier molecular flexibility index (Phi) is 3.88. The Morgan fingerprint density at radius 1 is 0.895 bits per heavy atom. The van der Waals surface area contributed by atoms with E-state index in [1.165, 1.54) is 0 Å². The third kappa shape index (κ3) is 2.77. The highest BCUT2D eigenvalue weighted by atomic mass is 16.5. The van der Waals surface area contributed by atoms with E-state index in [-0.39, 0.29) is 17.5 Å². The van der Waals surface area contributed by atoms with Gasteiger partial charge in [-0.15, -0.1) is 0 Å². The molecule has 0 aliphatic carbocycles. The van der Waals surface area contributed by atoms with Gasteiger partial charge in [0.1, 0.15) is 18.6 Å². The van der Waals surface area contributed by atoms with Crippen LogP contribution in [-0.2, 0) is 9.47 Å². The first-order chi connectivity index (χ1) is 8.82. The van der Waals surface area contributed by atoms with Gasteiger partial charge in [-0.1, -0.05) is 27.7 Å². The minimum atomic E-state index is -0.354. The summed E-state index contributed by atoms with van der Waals surface area (Å²) in [5.74, 6) is 2.55. The molecule has 0 N–H and O–H groups in total. The van der Waals surface area contributed by atoms with E-state index >= 15 is 0 Å². The average Bonchev–Trinajstić information content (AvgIpc) is 2.99. The van der Waals surface area contributed by atoms with E-state index in [1.807, 2.05) is 0 Å². The SMILES string of the molecule is CC(C)C1COC(C(C)(C)C2=NC(C(C)C)CO2)=N1. The molecule has 0 aromatic carbocycles. The highest BCUT2D eigenvalue weighted by Crippen LogP contribution is 2.31. The minimum absolute atomic E-state index is 0.261.